The van der Waals surface area contributed by atoms with Crippen LogP contribution in [0.3, 0.4) is 0 Å². The van der Waals surface area contributed by atoms with Gasteiger partial charge >= 0.3 is 0 Å². The van der Waals surface area contributed by atoms with Crippen molar-refractivity contribution in [3.63, 3.8) is 0 Å². The van der Waals surface area contributed by atoms with Crippen molar-refractivity contribution in [3.05, 3.63) is 36.3 Å². The quantitative estimate of drug-likeness (QED) is 0.738. The van der Waals surface area contributed by atoms with Crippen LogP contribution in [-0.2, 0) is 6.54 Å². The van der Waals surface area contributed by atoms with Crippen LogP contribution in [0.4, 0.5) is 0 Å². The molecule has 0 saturated heterocycles. The molecule has 1 aromatic heterocycles. The molecule has 0 radical (unpaired) electrons. The Kier molecular flexibility index (Phi) is 1.95. The van der Waals surface area contributed by atoms with E-state index < -0.39 is 0 Å². The molecule has 3 unspecified atom stereocenters. The normalized spacial score (nSPS) is 34.1. The molecule has 0 bridgehead atoms. The lowest BCUT2D eigenvalue weighted by Crippen LogP contribution is -2.47. The van der Waals surface area contributed by atoms with Gasteiger partial charge in [-0.15, -0.1) is 0 Å². The summed E-state index contributed by atoms with van der Waals surface area (Å²) in [5.41, 5.74) is 1.25. The van der Waals surface area contributed by atoms with Crippen LogP contribution < -0.4 is 5.32 Å². The Bertz CT molecular complexity index is 328. The van der Waals surface area contributed by atoms with E-state index in [1.165, 1.54) is 18.4 Å². The van der Waals surface area contributed by atoms with E-state index in [-0.39, 0.29) is 0 Å². The summed E-state index contributed by atoms with van der Waals surface area (Å²) in [4.78, 5) is 0. The molecule has 74 valence electrons. The first-order valence-corrected chi connectivity index (χ1v) is 5.34. The molecule has 0 amide bonds. The molecule has 1 heterocycles. The lowest BCUT2D eigenvalue weighted by molar-refractivity contribution is 0.162. The number of hydrogen-bond donors (Lipinski definition) is 1. The fourth-order valence-corrected chi connectivity index (χ4v) is 2.59. The third kappa shape index (κ3) is 1.30. The van der Waals surface area contributed by atoms with Gasteiger partial charge in [0.15, 0.2) is 0 Å². The van der Waals surface area contributed by atoms with E-state index in [1.54, 1.807) is 6.26 Å². The molecule has 0 spiro atoms. The average Bonchev–Trinajstić information content (AvgIpc) is 2.76. The summed E-state index contributed by atoms with van der Waals surface area (Å²) in [5, 5.41) is 3.58. The molecule has 1 saturated carbocycles. The van der Waals surface area contributed by atoms with Crippen molar-refractivity contribution < 1.29 is 4.42 Å². The van der Waals surface area contributed by atoms with Crippen LogP contribution in [-0.4, -0.2) is 6.04 Å². The molecule has 0 aliphatic heterocycles. The summed E-state index contributed by atoms with van der Waals surface area (Å²) in [5.74, 6) is 1.75. The maximum atomic E-state index is 5.03. The topological polar surface area (TPSA) is 25.2 Å². The van der Waals surface area contributed by atoms with Gasteiger partial charge in [-0.2, -0.15) is 0 Å². The molecular weight excluding hydrogens is 174 g/mol. The number of hydrogen-bond acceptors (Lipinski definition) is 2. The number of fused-ring (bicyclic) bond motifs is 1. The summed E-state index contributed by atoms with van der Waals surface area (Å²) in [6, 6.07) is 2.72. The highest BCUT2D eigenvalue weighted by Crippen LogP contribution is 2.42. The predicted molar refractivity (Wildman–Crippen MR) is 54.7 cm³/mol. The van der Waals surface area contributed by atoms with Gasteiger partial charge in [0.05, 0.1) is 12.5 Å². The minimum atomic E-state index is 0.702. The fourth-order valence-electron chi connectivity index (χ4n) is 2.59. The Hall–Kier alpha value is -1.02. The Morgan fingerprint density at radius 3 is 3.29 bits per heavy atom. The van der Waals surface area contributed by atoms with Crippen LogP contribution in [0, 0.1) is 11.8 Å². The first-order valence-electron chi connectivity index (χ1n) is 5.34. The number of furan rings is 1. The van der Waals surface area contributed by atoms with E-state index in [9.17, 15) is 0 Å². The summed E-state index contributed by atoms with van der Waals surface area (Å²) in [6.45, 7) is 0.943. The molecule has 1 fully saturated rings. The van der Waals surface area contributed by atoms with E-state index in [4.69, 9.17) is 4.42 Å². The summed E-state index contributed by atoms with van der Waals surface area (Å²) in [6.07, 6.45) is 10.9. The molecular formula is C12H15NO. The van der Waals surface area contributed by atoms with Crippen molar-refractivity contribution in [2.45, 2.75) is 25.4 Å². The van der Waals surface area contributed by atoms with Gasteiger partial charge in [0.25, 0.3) is 0 Å². The lowest BCUT2D eigenvalue weighted by atomic mass is 9.71. The van der Waals surface area contributed by atoms with Crippen molar-refractivity contribution in [1.29, 1.82) is 0 Å². The molecule has 0 aromatic carbocycles. The third-order valence-electron chi connectivity index (χ3n) is 3.51. The molecule has 1 N–H and O–H groups in total. The number of nitrogens with one attached hydrogen (secondary N) is 1. The fraction of sp³-hybridized carbons (Fsp3) is 0.500. The second-order valence-electron chi connectivity index (χ2n) is 4.36. The number of rotatable bonds is 3. The Labute approximate surface area is 84.0 Å². The molecule has 14 heavy (non-hydrogen) atoms. The van der Waals surface area contributed by atoms with Crippen molar-refractivity contribution in [2.24, 2.45) is 11.8 Å². The summed E-state index contributed by atoms with van der Waals surface area (Å²) >= 11 is 0. The van der Waals surface area contributed by atoms with Crippen LogP contribution >= 0.6 is 0 Å². The molecule has 3 rings (SSSR count). The maximum Gasteiger partial charge on any atom is 0.0947 e. The van der Waals surface area contributed by atoms with E-state index in [1.807, 2.05) is 12.3 Å². The zero-order chi connectivity index (χ0) is 9.38. The van der Waals surface area contributed by atoms with Crippen molar-refractivity contribution in [1.82, 2.24) is 5.32 Å². The average molecular weight is 189 g/mol. The molecule has 2 nitrogen and oxygen atoms in total. The van der Waals surface area contributed by atoms with Gasteiger partial charge in [-0.3, -0.25) is 0 Å². The second-order valence-corrected chi connectivity index (χ2v) is 4.36. The number of allylic oxidation sites excluding steroid dienone is 1. The van der Waals surface area contributed by atoms with Crippen molar-refractivity contribution in [3.8, 4) is 0 Å². The molecule has 3 atom stereocenters. The van der Waals surface area contributed by atoms with Crippen molar-refractivity contribution in [2.75, 3.05) is 0 Å². The van der Waals surface area contributed by atoms with Gasteiger partial charge in [-0.1, -0.05) is 12.2 Å². The Morgan fingerprint density at radius 2 is 2.50 bits per heavy atom. The van der Waals surface area contributed by atoms with Crippen LogP contribution in [0.2, 0.25) is 0 Å². The summed E-state index contributed by atoms with van der Waals surface area (Å²) < 4.78 is 5.03. The van der Waals surface area contributed by atoms with Gasteiger partial charge in [0.2, 0.25) is 0 Å². The summed E-state index contributed by atoms with van der Waals surface area (Å²) in [7, 11) is 0. The van der Waals surface area contributed by atoms with Gasteiger partial charge in [-0.05, 0) is 30.7 Å². The van der Waals surface area contributed by atoms with E-state index in [0.29, 0.717) is 6.04 Å². The zero-order valence-corrected chi connectivity index (χ0v) is 8.15. The van der Waals surface area contributed by atoms with Crippen LogP contribution in [0.1, 0.15) is 18.4 Å². The first-order chi connectivity index (χ1) is 6.93. The highest BCUT2D eigenvalue weighted by Gasteiger charge is 2.40. The largest absolute Gasteiger partial charge is 0.472 e. The standard InChI is InChI=1S/C12H15NO/c1-2-10-6-12(11(10)3-1)13-7-9-4-5-14-8-9/h1,3-5,8,10-13H,2,6-7H2. The van der Waals surface area contributed by atoms with E-state index in [2.05, 4.69) is 17.5 Å². The molecule has 2 heteroatoms. The smallest absolute Gasteiger partial charge is 0.0947 e. The van der Waals surface area contributed by atoms with Gasteiger partial charge < -0.3 is 9.73 Å². The van der Waals surface area contributed by atoms with Crippen LogP contribution in [0.5, 0.6) is 0 Å². The molecule has 2 aliphatic rings. The third-order valence-corrected chi connectivity index (χ3v) is 3.51. The van der Waals surface area contributed by atoms with Gasteiger partial charge in [0.1, 0.15) is 0 Å². The second kappa shape index (κ2) is 3.28. The monoisotopic (exact) mass is 189 g/mol. The highest BCUT2D eigenvalue weighted by atomic mass is 16.3. The van der Waals surface area contributed by atoms with E-state index in [0.717, 1.165) is 18.4 Å². The predicted octanol–water partition coefficient (Wildman–Crippen LogP) is 2.33. The minimum Gasteiger partial charge on any atom is -0.472 e. The van der Waals surface area contributed by atoms with Crippen molar-refractivity contribution >= 4 is 0 Å². The highest BCUT2D eigenvalue weighted by molar-refractivity contribution is 5.14. The zero-order valence-electron chi connectivity index (χ0n) is 8.15. The van der Waals surface area contributed by atoms with E-state index >= 15 is 0 Å². The van der Waals surface area contributed by atoms with Crippen LogP contribution in [0.15, 0.2) is 35.2 Å². The first kappa shape index (κ1) is 8.30. The Balaban J connectivity index is 1.52. The SMILES string of the molecule is C1=CC2C(C1)CC2NCc1ccoc1. The lowest BCUT2D eigenvalue weighted by Gasteiger charge is -2.40. The van der Waals surface area contributed by atoms with Gasteiger partial charge in [0, 0.05) is 18.2 Å². The van der Waals surface area contributed by atoms with Crippen LogP contribution in [0.25, 0.3) is 0 Å². The maximum absolute atomic E-state index is 5.03. The minimum absolute atomic E-state index is 0.702. The molecule has 1 aromatic rings. The van der Waals surface area contributed by atoms with Gasteiger partial charge in [-0.25, -0.2) is 0 Å². The molecule has 2 aliphatic carbocycles. The Morgan fingerprint density at radius 1 is 1.50 bits per heavy atom.